The lowest BCUT2D eigenvalue weighted by atomic mass is 9.37. The molecule has 4 saturated carbocycles. The summed E-state index contributed by atoms with van der Waals surface area (Å²) in [5, 5.41) is 3.65. The van der Waals surface area contributed by atoms with Crippen LogP contribution in [-0.2, 0) is 5.41 Å². The lowest BCUT2D eigenvalue weighted by Crippen LogP contribution is -2.58. The van der Waals surface area contributed by atoms with Gasteiger partial charge in [0.15, 0.2) is 0 Å². The normalized spacial score (nSPS) is 45.9. The number of hydrogen-bond acceptors (Lipinski definition) is 1. The molecule has 4 unspecified atom stereocenters. The third kappa shape index (κ3) is 3.18. The minimum absolute atomic E-state index is 0.498. The first-order valence-corrected chi connectivity index (χ1v) is 11.8. The zero-order valence-electron chi connectivity index (χ0n) is 17.6. The Hall–Kier alpha value is -0.820. The Labute approximate surface area is 166 Å². The van der Waals surface area contributed by atoms with Crippen molar-refractivity contribution in [3.63, 3.8) is 0 Å². The van der Waals surface area contributed by atoms with Crippen molar-refractivity contribution in [2.75, 3.05) is 6.54 Å². The second-order valence-corrected chi connectivity index (χ2v) is 11.3. The molecule has 0 spiro atoms. The maximum absolute atomic E-state index is 3.65. The van der Waals surface area contributed by atoms with Gasteiger partial charge in [-0.05, 0) is 111 Å². The Bertz CT molecular complexity index is 668. The van der Waals surface area contributed by atoms with Crippen LogP contribution in [0.25, 0.3) is 0 Å². The smallest absolute Gasteiger partial charge is 0.00413 e. The molecule has 4 aliphatic carbocycles. The quantitative estimate of drug-likeness (QED) is 0.630. The Kier molecular flexibility index (Phi) is 4.46. The highest BCUT2D eigenvalue weighted by atomic mass is 14.9. The van der Waals surface area contributed by atoms with Crippen LogP contribution in [0.5, 0.6) is 0 Å². The van der Waals surface area contributed by atoms with Gasteiger partial charge in [0.25, 0.3) is 0 Å². The Morgan fingerprint density at radius 1 is 1.00 bits per heavy atom. The fraction of sp³-hybridized carbons (Fsp3) is 0.769. The van der Waals surface area contributed by atoms with Crippen LogP contribution in [0, 0.1) is 22.7 Å². The molecule has 1 heterocycles. The first-order valence-electron chi connectivity index (χ1n) is 11.8. The average molecular weight is 366 g/mol. The van der Waals surface area contributed by atoms with Crippen molar-refractivity contribution in [2.24, 2.45) is 22.7 Å². The molecule has 1 heteroatoms. The summed E-state index contributed by atoms with van der Waals surface area (Å²) < 4.78 is 0. The molecule has 0 radical (unpaired) electrons. The van der Waals surface area contributed by atoms with Crippen LogP contribution in [0.15, 0.2) is 30.3 Å². The van der Waals surface area contributed by atoms with Gasteiger partial charge in [0, 0.05) is 6.04 Å². The maximum atomic E-state index is 3.65. The highest BCUT2D eigenvalue weighted by Crippen LogP contribution is 2.72. The summed E-state index contributed by atoms with van der Waals surface area (Å²) in [7, 11) is 0. The molecule has 27 heavy (non-hydrogen) atoms. The van der Waals surface area contributed by atoms with Gasteiger partial charge in [-0.15, -0.1) is 0 Å². The zero-order chi connectivity index (χ0) is 18.5. The van der Waals surface area contributed by atoms with Gasteiger partial charge in [-0.1, -0.05) is 43.7 Å². The van der Waals surface area contributed by atoms with Gasteiger partial charge in [-0.3, -0.25) is 0 Å². The predicted molar refractivity (Wildman–Crippen MR) is 114 cm³/mol. The topological polar surface area (TPSA) is 12.0 Å². The van der Waals surface area contributed by atoms with E-state index in [0.717, 1.165) is 17.9 Å². The van der Waals surface area contributed by atoms with Crippen molar-refractivity contribution in [3.8, 4) is 0 Å². The molecule has 1 aliphatic heterocycles. The van der Waals surface area contributed by atoms with Gasteiger partial charge >= 0.3 is 0 Å². The van der Waals surface area contributed by atoms with Gasteiger partial charge in [0.05, 0.1) is 0 Å². The molecule has 5 fully saturated rings. The summed E-state index contributed by atoms with van der Waals surface area (Å²) in [5.74, 6) is 1.97. The van der Waals surface area contributed by atoms with Gasteiger partial charge in [0.1, 0.15) is 0 Å². The van der Waals surface area contributed by atoms with E-state index in [1.54, 1.807) is 18.4 Å². The fourth-order valence-corrected chi connectivity index (χ4v) is 8.64. The van der Waals surface area contributed by atoms with E-state index in [1.807, 2.05) is 0 Å². The average Bonchev–Trinajstić information content (AvgIpc) is 2.66. The minimum atomic E-state index is 0.498. The molecule has 1 aromatic rings. The SMILES string of the molecule is CCC12CC3CC(CC[C@H]4CCN[C@@H](C)C4)(C1)CC(c1ccccc1)(C3)C2. The van der Waals surface area contributed by atoms with E-state index in [9.17, 15) is 0 Å². The van der Waals surface area contributed by atoms with Crippen LogP contribution in [0.2, 0.25) is 0 Å². The largest absolute Gasteiger partial charge is 0.314 e. The van der Waals surface area contributed by atoms with E-state index in [4.69, 9.17) is 0 Å². The van der Waals surface area contributed by atoms with Crippen molar-refractivity contribution in [1.29, 1.82) is 0 Å². The van der Waals surface area contributed by atoms with Gasteiger partial charge < -0.3 is 5.32 Å². The summed E-state index contributed by atoms with van der Waals surface area (Å²) in [6, 6.07) is 12.4. The molecule has 148 valence electrons. The lowest BCUT2D eigenvalue weighted by Gasteiger charge is -2.67. The van der Waals surface area contributed by atoms with Gasteiger partial charge in [-0.2, -0.15) is 0 Å². The molecule has 1 aromatic carbocycles. The van der Waals surface area contributed by atoms with Crippen molar-refractivity contribution in [1.82, 2.24) is 5.32 Å². The molecule has 0 amide bonds. The van der Waals surface area contributed by atoms with E-state index in [2.05, 4.69) is 49.5 Å². The lowest BCUT2D eigenvalue weighted by molar-refractivity contribution is -0.133. The number of nitrogens with one attached hydrogen (secondary N) is 1. The molecule has 4 bridgehead atoms. The van der Waals surface area contributed by atoms with Crippen LogP contribution in [-0.4, -0.2) is 12.6 Å². The van der Waals surface area contributed by atoms with E-state index >= 15 is 0 Å². The second-order valence-electron chi connectivity index (χ2n) is 11.3. The summed E-state index contributed by atoms with van der Waals surface area (Å²) >= 11 is 0. The first kappa shape index (κ1) is 18.2. The monoisotopic (exact) mass is 365 g/mol. The molecule has 1 N–H and O–H groups in total. The van der Waals surface area contributed by atoms with Gasteiger partial charge in [0.2, 0.25) is 0 Å². The van der Waals surface area contributed by atoms with E-state index in [1.165, 1.54) is 64.3 Å². The predicted octanol–water partition coefficient (Wildman–Crippen LogP) is 6.47. The molecule has 5 aliphatic rings. The standard InChI is InChI=1S/C26H39N/c1-3-24-14-22-15-25(17-24,11-9-21-10-12-27-20(2)13-21)19-26(16-22,18-24)23-7-5-4-6-8-23/h4-8,20-22,27H,3,9-19H2,1-2H3/t20-,21-,22?,24?,25?,26?/m0/s1. The number of piperidine rings is 1. The molecule has 1 saturated heterocycles. The molecule has 6 rings (SSSR count). The van der Waals surface area contributed by atoms with Crippen LogP contribution >= 0.6 is 0 Å². The number of rotatable bonds is 5. The van der Waals surface area contributed by atoms with Crippen molar-refractivity contribution in [3.05, 3.63) is 35.9 Å². The third-order valence-corrected chi connectivity index (χ3v) is 9.25. The Balaban J connectivity index is 1.41. The summed E-state index contributed by atoms with van der Waals surface area (Å²) in [5.41, 5.74) is 3.47. The highest BCUT2D eigenvalue weighted by molar-refractivity contribution is 5.31. The summed E-state index contributed by atoms with van der Waals surface area (Å²) in [6.45, 7) is 6.12. The van der Waals surface area contributed by atoms with Gasteiger partial charge in [-0.25, -0.2) is 0 Å². The minimum Gasteiger partial charge on any atom is -0.314 e. The van der Waals surface area contributed by atoms with Crippen LogP contribution in [0.4, 0.5) is 0 Å². The zero-order valence-corrected chi connectivity index (χ0v) is 17.6. The molecule has 0 aromatic heterocycles. The van der Waals surface area contributed by atoms with E-state index in [-0.39, 0.29) is 0 Å². The van der Waals surface area contributed by atoms with E-state index in [0.29, 0.717) is 16.2 Å². The third-order valence-electron chi connectivity index (χ3n) is 9.25. The molecule has 1 nitrogen and oxygen atoms in total. The molecular weight excluding hydrogens is 326 g/mol. The second kappa shape index (κ2) is 6.61. The highest BCUT2D eigenvalue weighted by Gasteiger charge is 2.62. The van der Waals surface area contributed by atoms with Crippen molar-refractivity contribution < 1.29 is 0 Å². The number of hydrogen-bond donors (Lipinski definition) is 1. The van der Waals surface area contributed by atoms with Crippen LogP contribution in [0.1, 0.15) is 90.0 Å². The van der Waals surface area contributed by atoms with Crippen molar-refractivity contribution >= 4 is 0 Å². The summed E-state index contributed by atoms with van der Waals surface area (Å²) in [4.78, 5) is 0. The Morgan fingerprint density at radius 3 is 2.56 bits per heavy atom. The molecule has 6 atom stereocenters. The van der Waals surface area contributed by atoms with Crippen LogP contribution in [0.3, 0.4) is 0 Å². The Morgan fingerprint density at radius 2 is 1.78 bits per heavy atom. The summed E-state index contributed by atoms with van der Waals surface area (Å²) in [6.07, 6.45) is 16.3. The maximum Gasteiger partial charge on any atom is 0.00413 e. The van der Waals surface area contributed by atoms with Crippen molar-refractivity contribution in [2.45, 2.75) is 95.9 Å². The first-order chi connectivity index (χ1) is 13.0. The van der Waals surface area contributed by atoms with E-state index < -0.39 is 0 Å². The molecular formula is C26H39N. The number of benzene rings is 1. The fourth-order valence-electron chi connectivity index (χ4n) is 8.64. The van der Waals surface area contributed by atoms with Crippen LogP contribution < -0.4 is 5.32 Å².